The summed E-state index contributed by atoms with van der Waals surface area (Å²) in [5.41, 5.74) is 7.36. The van der Waals surface area contributed by atoms with E-state index in [0.29, 0.717) is 0 Å². The Bertz CT molecular complexity index is 724. The van der Waals surface area contributed by atoms with Gasteiger partial charge in [0.1, 0.15) is 0 Å². The summed E-state index contributed by atoms with van der Waals surface area (Å²) in [4.78, 5) is 4.49. The standard InChI is InChI=1S/C16H15N3S/c1-11-7-9-13(10-8-11)12(2)18-19-16-17-14-5-3-4-6-15(14)20-16/h3-10H,1-2H3,(H,17,19)/b18-12-. The van der Waals surface area contributed by atoms with Crippen molar-refractivity contribution < 1.29 is 0 Å². The highest BCUT2D eigenvalue weighted by Crippen LogP contribution is 2.25. The van der Waals surface area contributed by atoms with Crippen molar-refractivity contribution >= 4 is 32.4 Å². The van der Waals surface area contributed by atoms with Gasteiger partial charge in [0.2, 0.25) is 5.13 Å². The number of aromatic nitrogens is 1. The first-order valence-corrected chi connectivity index (χ1v) is 7.27. The van der Waals surface area contributed by atoms with Crippen molar-refractivity contribution in [3.8, 4) is 0 Å². The van der Waals surface area contributed by atoms with Crippen LogP contribution in [0, 0.1) is 6.92 Å². The Morgan fingerprint density at radius 2 is 1.85 bits per heavy atom. The lowest BCUT2D eigenvalue weighted by atomic mass is 10.1. The molecule has 1 N–H and O–H groups in total. The van der Waals surface area contributed by atoms with Crippen LogP contribution in [-0.2, 0) is 0 Å². The molecule has 20 heavy (non-hydrogen) atoms. The van der Waals surface area contributed by atoms with Crippen molar-refractivity contribution in [3.05, 3.63) is 59.7 Å². The molecule has 3 rings (SSSR count). The molecule has 0 bridgehead atoms. The van der Waals surface area contributed by atoms with Crippen LogP contribution in [0.15, 0.2) is 53.6 Å². The minimum absolute atomic E-state index is 0.817. The third-order valence-electron chi connectivity index (χ3n) is 3.08. The van der Waals surface area contributed by atoms with E-state index in [4.69, 9.17) is 0 Å². The van der Waals surface area contributed by atoms with Gasteiger partial charge in [-0.1, -0.05) is 53.3 Å². The number of fused-ring (bicyclic) bond motifs is 1. The van der Waals surface area contributed by atoms with Crippen LogP contribution in [0.1, 0.15) is 18.1 Å². The van der Waals surface area contributed by atoms with E-state index in [1.807, 2.05) is 25.1 Å². The van der Waals surface area contributed by atoms with E-state index in [2.05, 4.69) is 52.8 Å². The quantitative estimate of drug-likeness (QED) is 0.569. The molecule has 3 aromatic rings. The molecule has 0 aliphatic rings. The lowest BCUT2D eigenvalue weighted by Crippen LogP contribution is -1.99. The minimum atomic E-state index is 0.817. The van der Waals surface area contributed by atoms with E-state index in [1.54, 1.807) is 11.3 Å². The van der Waals surface area contributed by atoms with Gasteiger partial charge in [0.05, 0.1) is 15.9 Å². The van der Waals surface area contributed by atoms with Gasteiger partial charge in [0.25, 0.3) is 0 Å². The number of hydrogen-bond acceptors (Lipinski definition) is 4. The fraction of sp³-hybridized carbons (Fsp3) is 0.125. The van der Waals surface area contributed by atoms with Crippen LogP contribution in [0.3, 0.4) is 0 Å². The second-order valence-corrected chi connectivity index (χ2v) is 5.69. The number of para-hydroxylation sites is 1. The largest absolute Gasteiger partial charge is 0.252 e. The second-order valence-electron chi connectivity index (χ2n) is 4.66. The van der Waals surface area contributed by atoms with E-state index >= 15 is 0 Å². The van der Waals surface area contributed by atoms with Gasteiger partial charge in [-0.3, -0.25) is 5.43 Å². The average molecular weight is 281 g/mol. The maximum Gasteiger partial charge on any atom is 0.204 e. The van der Waals surface area contributed by atoms with E-state index in [-0.39, 0.29) is 0 Å². The summed E-state index contributed by atoms with van der Waals surface area (Å²) in [6.07, 6.45) is 0. The smallest absolute Gasteiger partial charge is 0.204 e. The summed E-state index contributed by atoms with van der Waals surface area (Å²) >= 11 is 1.61. The number of nitrogens with zero attached hydrogens (tertiary/aromatic N) is 2. The Morgan fingerprint density at radius 1 is 1.10 bits per heavy atom. The molecule has 100 valence electrons. The number of hydrazone groups is 1. The Balaban J connectivity index is 1.80. The molecule has 2 aromatic carbocycles. The third kappa shape index (κ3) is 2.70. The Labute approximate surface area is 122 Å². The number of thiazole rings is 1. The van der Waals surface area contributed by atoms with Gasteiger partial charge in [0.15, 0.2) is 0 Å². The topological polar surface area (TPSA) is 37.3 Å². The van der Waals surface area contributed by atoms with E-state index in [1.165, 1.54) is 5.56 Å². The van der Waals surface area contributed by atoms with Crippen LogP contribution >= 0.6 is 11.3 Å². The Morgan fingerprint density at radius 3 is 2.60 bits per heavy atom. The number of rotatable bonds is 3. The van der Waals surface area contributed by atoms with Crippen LogP contribution < -0.4 is 5.43 Å². The predicted molar refractivity (Wildman–Crippen MR) is 86.6 cm³/mol. The number of anilines is 1. The highest BCUT2D eigenvalue weighted by atomic mass is 32.1. The first kappa shape index (κ1) is 12.8. The van der Waals surface area contributed by atoms with Crippen LogP contribution in [0.4, 0.5) is 5.13 Å². The lowest BCUT2D eigenvalue weighted by molar-refractivity contribution is 1.29. The molecule has 1 aromatic heterocycles. The molecule has 3 nitrogen and oxygen atoms in total. The molecule has 0 aliphatic carbocycles. The number of nitrogens with one attached hydrogen (secondary N) is 1. The lowest BCUT2D eigenvalue weighted by Gasteiger charge is -2.01. The molecule has 0 unspecified atom stereocenters. The highest BCUT2D eigenvalue weighted by molar-refractivity contribution is 7.22. The van der Waals surface area contributed by atoms with Gasteiger partial charge in [0, 0.05) is 0 Å². The zero-order valence-electron chi connectivity index (χ0n) is 11.4. The van der Waals surface area contributed by atoms with Crippen LogP contribution in [0.25, 0.3) is 10.2 Å². The van der Waals surface area contributed by atoms with Gasteiger partial charge in [-0.2, -0.15) is 5.10 Å². The summed E-state index contributed by atoms with van der Waals surface area (Å²) in [5, 5.41) is 5.22. The normalized spacial score (nSPS) is 11.8. The second kappa shape index (κ2) is 5.43. The van der Waals surface area contributed by atoms with Crippen molar-refractivity contribution in [1.29, 1.82) is 0 Å². The van der Waals surface area contributed by atoms with Gasteiger partial charge in [-0.05, 0) is 31.5 Å². The fourth-order valence-electron chi connectivity index (χ4n) is 1.91. The number of aryl methyl sites for hydroxylation is 1. The number of benzene rings is 2. The first-order chi connectivity index (χ1) is 9.72. The minimum Gasteiger partial charge on any atom is -0.252 e. The SMILES string of the molecule is C/C(=N/Nc1nc2ccccc2s1)c1ccc(C)cc1. The maximum absolute atomic E-state index is 4.49. The van der Waals surface area contributed by atoms with Crippen LogP contribution in [0.2, 0.25) is 0 Å². The molecule has 0 saturated carbocycles. The molecular formula is C16H15N3S. The predicted octanol–water partition coefficient (Wildman–Crippen LogP) is 4.44. The van der Waals surface area contributed by atoms with Crippen molar-refractivity contribution in [2.45, 2.75) is 13.8 Å². The van der Waals surface area contributed by atoms with Crippen molar-refractivity contribution in [3.63, 3.8) is 0 Å². The Hall–Kier alpha value is -2.20. The molecular weight excluding hydrogens is 266 g/mol. The molecule has 0 fully saturated rings. The van der Waals surface area contributed by atoms with E-state index in [9.17, 15) is 0 Å². The molecule has 0 aliphatic heterocycles. The van der Waals surface area contributed by atoms with E-state index < -0.39 is 0 Å². The summed E-state index contributed by atoms with van der Waals surface area (Å²) in [5.74, 6) is 0. The maximum atomic E-state index is 4.49. The van der Waals surface area contributed by atoms with Crippen molar-refractivity contribution in [2.24, 2.45) is 5.10 Å². The zero-order valence-corrected chi connectivity index (χ0v) is 12.2. The molecule has 0 amide bonds. The van der Waals surface area contributed by atoms with E-state index in [0.717, 1.165) is 26.6 Å². The molecule has 0 spiro atoms. The summed E-state index contributed by atoms with van der Waals surface area (Å²) < 4.78 is 1.16. The molecule has 0 saturated heterocycles. The fourth-order valence-corrected chi connectivity index (χ4v) is 2.72. The third-order valence-corrected chi connectivity index (χ3v) is 4.02. The summed E-state index contributed by atoms with van der Waals surface area (Å²) in [7, 11) is 0. The summed E-state index contributed by atoms with van der Waals surface area (Å²) in [6.45, 7) is 4.07. The van der Waals surface area contributed by atoms with Crippen LogP contribution in [0.5, 0.6) is 0 Å². The highest BCUT2D eigenvalue weighted by Gasteiger charge is 2.02. The van der Waals surface area contributed by atoms with Crippen molar-refractivity contribution in [1.82, 2.24) is 4.98 Å². The molecule has 0 atom stereocenters. The van der Waals surface area contributed by atoms with Gasteiger partial charge in [-0.15, -0.1) is 0 Å². The monoisotopic (exact) mass is 281 g/mol. The first-order valence-electron chi connectivity index (χ1n) is 6.45. The average Bonchev–Trinajstić information content (AvgIpc) is 2.88. The zero-order chi connectivity index (χ0) is 13.9. The van der Waals surface area contributed by atoms with Crippen LogP contribution in [-0.4, -0.2) is 10.7 Å². The Kier molecular flexibility index (Phi) is 3.48. The summed E-state index contributed by atoms with van der Waals surface area (Å²) in [6, 6.07) is 16.4. The van der Waals surface area contributed by atoms with Crippen molar-refractivity contribution in [2.75, 3.05) is 5.43 Å². The molecule has 1 heterocycles. The van der Waals surface area contributed by atoms with Gasteiger partial charge in [-0.25, -0.2) is 4.98 Å². The van der Waals surface area contributed by atoms with Gasteiger partial charge < -0.3 is 0 Å². The number of hydrogen-bond donors (Lipinski definition) is 1. The molecule has 4 heteroatoms. The van der Waals surface area contributed by atoms with Gasteiger partial charge >= 0.3 is 0 Å². The molecule has 0 radical (unpaired) electrons.